The number of phenols is 1. The molecule has 106 valence electrons. The van der Waals surface area contributed by atoms with Crippen molar-refractivity contribution in [3.8, 4) is 17.0 Å². The van der Waals surface area contributed by atoms with Gasteiger partial charge in [0, 0.05) is 24.0 Å². The van der Waals surface area contributed by atoms with Gasteiger partial charge in [-0.15, -0.1) is 0 Å². The summed E-state index contributed by atoms with van der Waals surface area (Å²) in [5, 5.41) is 20.0. The fourth-order valence-electron chi connectivity index (χ4n) is 2.08. The summed E-state index contributed by atoms with van der Waals surface area (Å²) in [6.07, 6.45) is 1.73. The summed E-state index contributed by atoms with van der Waals surface area (Å²) >= 11 is 5.90. The Kier molecular flexibility index (Phi) is 3.79. The molecule has 0 spiro atoms. The van der Waals surface area contributed by atoms with Crippen LogP contribution in [0.2, 0.25) is 5.02 Å². The van der Waals surface area contributed by atoms with Gasteiger partial charge in [-0.25, -0.2) is 0 Å². The molecule has 0 aliphatic carbocycles. The predicted octanol–water partition coefficient (Wildman–Crippen LogP) is 4.05. The molecule has 3 aromatic rings. The van der Waals surface area contributed by atoms with Gasteiger partial charge in [0.05, 0.1) is 10.7 Å². The Balaban J connectivity index is 1.73. The molecule has 3 N–H and O–H groups in total. The maximum atomic E-state index is 9.41. The molecule has 3 rings (SSSR count). The first-order valence-corrected chi connectivity index (χ1v) is 6.91. The van der Waals surface area contributed by atoms with Crippen molar-refractivity contribution in [3.05, 3.63) is 65.3 Å². The quantitative estimate of drug-likeness (QED) is 0.681. The third kappa shape index (κ3) is 3.17. The second-order valence-corrected chi connectivity index (χ2v) is 5.10. The average Bonchev–Trinajstić information content (AvgIpc) is 3.03. The fraction of sp³-hybridized carbons (Fsp3) is 0.0625. The zero-order valence-corrected chi connectivity index (χ0v) is 11.9. The Morgan fingerprint density at radius 3 is 2.81 bits per heavy atom. The molecule has 1 heterocycles. The van der Waals surface area contributed by atoms with Gasteiger partial charge in [-0.05, 0) is 35.9 Å². The Labute approximate surface area is 127 Å². The molecule has 0 amide bonds. The number of phenolic OH excluding ortho intramolecular Hbond substituents is 1. The van der Waals surface area contributed by atoms with Crippen molar-refractivity contribution in [3.63, 3.8) is 0 Å². The van der Waals surface area contributed by atoms with Crippen molar-refractivity contribution >= 4 is 17.3 Å². The monoisotopic (exact) mass is 299 g/mol. The number of benzene rings is 2. The molecular formula is C16H14ClN3O. The Hall–Kier alpha value is -2.46. The van der Waals surface area contributed by atoms with Crippen molar-refractivity contribution in [1.82, 2.24) is 10.2 Å². The molecule has 0 bridgehead atoms. The van der Waals surface area contributed by atoms with Gasteiger partial charge in [0.1, 0.15) is 5.75 Å². The SMILES string of the molecule is Oc1ccc(CNc2cccc(-c3ccn[nH]3)c2)cc1Cl. The molecule has 1 aromatic heterocycles. The van der Waals surface area contributed by atoms with Crippen LogP contribution < -0.4 is 5.32 Å². The molecule has 0 aliphatic heterocycles. The lowest BCUT2D eigenvalue weighted by atomic mass is 10.1. The van der Waals surface area contributed by atoms with Gasteiger partial charge < -0.3 is 10.4 Å². The van der Waals surface area contributed by atoms with Gasteiger partial charge >= 0.3 is 0 Å². The standard InChI is InChI=1S/C16H14ClN3O/c17-14-8-11(4-5-16(14)21)10-18-13-3-1-2-12(9-13)15-6-7-19-20-15/h1-9,18,21H,10H2,(H,19,20). The molecule has 0 unspecified atom stereocenters. The van der Waals surface area contributed by atoms with Gasteiger partial charge in [-0.2, -0.15) is 5.10 Å². The van der Waals surface area contributed by atoms with Crippen molar-refractivity contribution in [2.24, 2.45) is 0 Å². The van der Waals surface area contributed by atoms with Crippen LogP contribution in [0, 0.1) is 0 Å². The number of nitrogens with one attached hydrogen (secondary N) is 2. The normalized spacial score (nSPS) is 10.5. The summed E-state index contributed by atoms with van der Waals surface area (Å²) in [4.78, 5) is 0. The zero-order valence-electron chi connectivity index (χ0n) is 11.2. The maximum Gasteiger partial charge on any atom is 0.134 e. The molecule has 0 radical (unpaired) electrons. The van der Waals surface area contributed by atoms with E-state index in [-0.39, 0.29) is 5.75 Å². The summed E-state index contributed by atoms with van der Waals surface area (Å²) < 4.78 is 0. The van der Waals surface area contributed by atoms with E-state index >= 15 is 0 Å². The molecule has 0 aliphatic rings. The first-order valence-electron chi connectivity index (χ1n) is 6.53. The summed E-state index contributed by atoms with van der Waals surface area (Å²) in [5.74, 6) is 0.0988. The molecule has 0 atom stereocenters. The third-order valence-corrected chi connectivity index (χ3v) is 3.49. The lowest BCUT2D eigenvalue weighted by Crippen LogP contribution is -1.99. The van der Waals surface area contributed by atoms with Crippen LogP contribution in [-0.2, 0) is 6.54 Å². The van der Waals surface area contributed by atoms with Crippen molar-refractivity contribution < 1.29 is 5.11 Å². The highest BCUT2D eigenvalue weighted by atomic mass is 35.5. The number of anilines is 1. The lowest BCUT2D eigenvalue weighted by molar-refractivity contribution is 0.475. The summed E-state index contributed by atoms with van der Waals surface area (Å²) in [6, 6.07) is 15.2. The number of aromatic nitrogens is 2. The number of aromatic amines is 1. The molecule has 0 fully saturated rings. The number of H-pyrrole nitrogens is 1. The number of aromatic hydroxyl groups is 1. The smallest absolute Gasteiger partial charge is 0.134 e. The van der Waals surface area contributed by atoms with Crippen molar-refractivity contribution in [1.29, 1.82) is 0 Å². The summed E-state index contributed by atoms with van der Waals surface area (Å²) in [5.41, 5.74) is 4.06. The minimum atomic E-state index is 0.0988. The van der Waals surface area contributed by atoms with Crippen molar-refractivity contribution in [2.75, 3.05) is 5.32 Å². The van der Waals surface area contributed by atoms with Crippen LogP contribution in [0.3, 0.4) is 0 Å². The second kappa shape index (κ2) is 5.89. The van der Waals surface area contributed by atoms with E-state index < -0.39 is 0 Å². The highest BCUT2D eigenvalue weighted by Crippen LogP contribution is 2.25. The van der Waals surface area contributed by atoms with Crippen LogP contribution >= 0.6 is 11.6 Å². The van der Waals surface area contributed by atoms with E-state index in [2.05, 4.69) is 21.6 Å². The number of nitrogens with zero attached hydrogens (tertiary/aromatic N) is 1. The number of hydrogen-bond donors (Lipinski definition) is 3. The van der Waals surface area contributed by atoms with E-state index in [1.165, 1.54) is 0 Å². The van der Waals surface area contributed by atoms with E-state index in [9.17, 15) is 5.11 Å². The third-order valence-electron chi connectivity index (χ3n) is 3.18. The first-order chi connectivity index (χ1) is 10.2. The van der Waals surface area contributed by atoms with Crippen LogP contribution in [0.1, 0.15) is 5.56 Å². The van der Waals surface area contributed by atoms with Crippen LogP contribution in [0.4, 0.5) is 5.69 Å². The van der Waals surface area contributed by atoms with E-state index in [1.807, 2.05) is 30.3 Å². The zero-order chi connectivity index (χ0) is 14.7. The largest absolute Gasteiger partial charge is 0.506 e. The second-order valence-electron chi connectivity index (χ2n) is 4.69. The van der Waals surface area contributed by atoms with E-state index in [1.54, 1.807) is 18.3 Å². The first kappa shape index (κ1) is 13.5. The van der Waals surface area contributed by atoms with Crippen LogP contribution in [0.25, 0.3) is 11.3 Å². The Bertz CT molecular complexity index is 741. The van der Waals surface area contributed by atoms with E-state index in [4.69, 9.17) is 11.6 Å². The summed E-state index contributed by atoms with van der Waals surface area (Å²) in [7, 11) is 0. The van der Waals surface area contributed by atoms with E-state index in [0.717, 1.165) is 22.5 Å². The molecule has 0 saturated carbocycles. The Morgan fingerprint density at radius 1 is 1.14 bits per heavy atom. The predicted molar refractivity (Wildman–Crippen MR) is 84.5 cm³/mol. The number of hydrogen-bond acceptors (Lipinski definition) is 3. The molecule has 0 saturated heterocycles. The van der Waals surface area contributed by atoms with Gasteiger partial charge in [0.15, 0.2) is 0 Å². The molecule has 5 heteroatoms. The highest BCUT2D eigenvalue weighted by molar-refractivity contribution is 6.32. The molecule has 4 nitrogen and oxygen atoms in total. The topological polar surface area (TPSA) is 60.9 Å². The lowest BCUT2D eigenvalue weighted by Gasteiger charge is -2.09. The minimum Gasteiger partial charge on any atom is -0.506 e. The van der Waals surface area contributed by atoms with Crippen LogP contribution in [0.15, 0.2) is 54.7 Å². The minimum absolute atomic E-state index is 0.0988. The number of rotatable bonds is 4. The Morgan fingerprint density at radius 2 is 2.05 bits per heavy atom. The van der Waals surface area contributed by atoms with E-state index in [0.29, 0.717) is 11.6 Å². The van der Waals surface area contributed by atoms with Gasteiger partial charge in [0.2, 0.25) is 0 Å². The number of halogens is 1. The summed E-state index contributed by atoms with van der Waals surface area (Å²) in [6.45, 7) is 0.631. The van der Waals surface area contributed by atoms with Crippen LogP contribution in [0.5, 0.6) is 5.75 Å². The average molecular weight is 300 g/mol. The van der Waals surface area contributed by atoms with Gasteiger partial charge in [-0.3, -0.25) is 5.10 Å². The molecular weight excluding hydrogens is 286 g/mol. The maximum absolute atomic E-state index is 9.41. The highest BCUT2D eigenvalue weighted by Gasteiger charge is 2.02. The van der Waals surface area contributed by atoms with Crippen molar-refractivity contribution in [2.45, 2.75) is 6.54 Å². The van der Waals surface area contributed by atoms with Gasteiger partial charge in [0.25, 0.3) is 0 Å². The molecule has 2 aromatic carbocycles. The van der Waals surface area contributed by atoms with Crippen LogP contribution in [-0.4, -0.2) is 15.3 Å². The fourth-order valence-corrected chi connectivity index (χ4v) is 2.28. The van der Waals surface area contributed by atoms with Gasteiger partial charge in [-0.1, -0.05) is 29.8 Å². The molecule has 21 heavy (non-hydrogen) atoms.